The molecule has 148 valence electrons. The molecule has 0 radical (unpaired) electrons. The number of nitrogens with one attached hydrogen (secondary N) is 2. The zero-order valence-electron chi connectivity index (χ0n) is 15.8. The van der Waals surface area contributed by atoms with Crippen LogP contribution in [0.5, 0.6) is 0 Å². The van der Waals surface area contributed by atoms with Gasteiger partial charge in [0.25, 0.3) is 5.69 Å². The molecular formula is C18H27N5O4. The molecule has 0 aliphatic carbocycles. The van der Waals surface area contributed by atoms with Crippen LogP contribution in [0, 0.1) is 10.1 Å². The third-order valence-corrected chi connectivity index (χ3v) is 4.30. The lowest BCUT2D eigenvalue weighted by Gasteiger charge is -2.32. The average molecular weight is 377 g/mol. The summed E-state index contributed by atoms with van der Waals surface area (Å²) < 4.78 is 5.03. The number of amides is 1. The lowest BCUT2D eigenvalue weighted by atomic mass is 10.1. The van der Waals surface area contributed by atoms with E-state index >= 15 is 0 Å². The predicted octanol–water partition coefficient (Wildman–Crippen LogP) is 2.27. The zero-order chi connectivity index (χ0) is 19.6. The van der Waals surface area contributed by atoms with E-state index in [1.807, 2.05) is 6.92 Å². The summed E-state index contributed by atoms with van der Waals surface area (Å²) in [5, 5.41) is 17.6. The standard InChI is InChI=1S/C18H27N5O4/c1-3-19-17(20-13-14-7-5-6-8-16(14)23(25)26)21-15-9-11-22(12-10-15)18(24)27-4-2/h5-8,15H,3-4,9-13H2,1-2H3,(H2,19,20,21). The molecular weight excluding hydrogens is 350 g/mol. The molecule has 1 saturated heterocycles. The quantitative estimate of drug-likeness (QED) is 0.341. The lowest BCUT2D eigenvalue weighted by molar-refractivity contribution is -0.385. The lowest BCUT2D eigenvalue weighted by Crippen LogP contribution is -2.49. The Balaban J connectivity index is 1.95. The van der Waals surface area contributed by atoms with Gasteiger partial charge in [-0.2, -0.15) is 0 Å². The molecule has 1 fully saturated rings. The van der Waals surface area contributed by atoms with E-state index in [9.17, 15) is 14.9 Å². The van der Waals surface area contributed by atoms with E-state index in [2.05, 4.69) is 15.6 Å². The predicted molar refractivity (Wildman–Crippen MR) is 103 cm³/mol. The second-order valence-electron chi connectivity index (χ2n) is 6.19. The van der Waals surface area contributed by atoms with Crippen molar-refractivity contribution in [2.45, 2.75) is 39.3 Å². The average Bonchev–Trinajstić information content (AvgIpc) is 2.67. The number of piperidine rings is 1. The van der Waals surface area contributed by atoms with Crippen LogP contribution in [0.15, 0.2) is 29.3 Å². The van der Waals surface area contributed by atoms with Gasteiger partial charge in [0.15, 0.2) is 5.96 Å². The van der Waals surface area contributed by atoms with Crippen LogP contribution < -0.4 is 10.6 Å². The van der Waals surface area contributed by atoms with Gasteiger partial charge in [0, 0.05) is 31.7 Å². The number of ether oxygens (including phenoxy) is 1. The number of guanidine groups is 1. The van der Waals surface area contributed by atoms with Gasteiger partial charge in [-0.3, -0.25) is 10.1 Å². The van der Waals surface area contributed by atoms with E-state index in [0.717, 1.165) is 12.8 Å². The van der Waals surface area contributed by atoms with Crippen LogP contribution in [-0.2, 0) is 11.3 Å². The topological polar surface area (TPSA) is 109 Å². The largest absolute Gasteiger partial charge is 0.450 e. The number of para-hydroxylation sites is 1. The summed E-state index contributed by atoms with van der Waals surface area (Å²) in [4.78, 5) is 28.7. The first-order valence-corrected chi connectivity index (χ1v) is 9.24. The minimum atomic E-state index is -0.393. The van der Waals surface area contributed by atoms with E-state index < -0.39 is 4.92 Å². The van der Waals surface area contributed by atoms with Gasteiger partial charge in [-0.1, -0.05) is 18.2 Å². The van der Waals surface area contributed by atoms with Gasteiger partial charge in [0.2, 0.25) is 0 Å². The molecule has 0 bridgehead atoms. The number of carbonyl (C=O) groups is 1. The van der Waals surface area contributed by atoms with Gasteiger partial charge >= 0.3 is 6.09 Å². The summed E-state index contributed by atoms with van der Waals surface area (Å²) in [5.41, 5.74) is 0.636. The summed E-state index contributed by atoms with van der Waals surface area (Å²) >= 11 is 0. The Labute approximate surface area is 158 Å². The van der Waals surface area contributed by atoms with Crippen molar-refractivity contribution in [3.05, 3.63) is 39.9 Å². The van der Waals surface area contributed by atoms with Crippen LogP contribution in [0.2, 0.25) is 0 Å². The molecule has 2 rings (SSSR count). The minimum Gasteiger partial charge on any atom is -0.450 e. The normalized spacial score (nSPS) is 15.3. The number of nitrogens with zero attached hydrogens (tertiary/aromatic N) is 3. The van der Waals surface area contributed by atoms with Crippen LogP contribution in [0.3, 0.4) is 0 Å². The SMILES string of the molecule is CCNC(=NCc1ccccc1[N+](=O)[O-])NC1CCN(C(=O)OCC)CC1. The maximum Gasteiger partial charge on any atom is 0.409 e. The maximum atomic E-state index is 11.8. The Morgan fingerprint density at radius 3 is 2.67 bits per heavy atom. The molecule has 9 heteroatoms. The Hall–Kier alpha value is -2.84. The summed E-state index contributed by atoms with van der Waals surface area (Å²) in [7, 11) is 0. The number of likely N-dealkylation sites (tertiary alicyclic amines) is 1. The van der Waals surface area contributed by atoms with Gasteiger partial charge in [-0.25, -0.2) is 9.79 Å². The molecule has 0 unspecified atom stereocenters. The van der Waals surface area contributed by atoms with E-state index in [-0.39, 0.29) is 24.4 Å². The molecule has 27 heavy (non-hydrogen) atoms. The second kappa shape index (κ2) is 10.3. The molecule has 1 aliphatic rings. The molecule has 1 amide bonds. The Kier molecular flexibility index (Phi) is 7.84. The third kappa shape index (κ3) is 6.12. The first kappa shape index (κ1) is 20.5. The molecule has 1 aliphatic heterocycles. The fourth-order valence-electron chi connectivity index (χ4n) is 2.92. The maximum absolute atomic E-state index is 11.8. The van der Waals surface area contributed by atoms with Crippen molar-refractivity contribution in [1.82, 2.24) is 15.5 Å². The van der Waals surface area contributed by atoms with Crippen LogP contribution in [0.4, 0.5) is 10.5 Å². The second-order valence-corrected chi connectivity index (χ2v) is 6.19. The van der Waals surface area contributed by atoms with Crippen molar-refractivity contribution in [2.24, 2.45) is 4.99 Å². The highest BCUT2D eigenvalue weighted by Gasteiger charge is 2.24. The monoisotopic (exact) mass is 377 g/mol. The highest BCUT2D eigenvalue weighted by atomic mass is 16.6. The fraction of sp³-hybridized carbons (Fsp3) is 0.556. The van der Waals surface area contributed by atoms with Crippen LogP contribution >= 0.6 is 0 Å². The zero-order valence-corrected chi connectivity index (χ0v) is 15.8. The van der Waals surface area contributed by atoms with Crippen LogP contribution in [0.25, 0.3) is 0 Å². The van der Waals surface area contributed by atoms with Crippen molar-refractivity contribution in [3.63, 3.8) is 0 Å². The molecule has 1 aromatic rings. The summed E-state index contributed by atoms with van der Waals surface area (Å²) in [6, 6.07) is 6.79. The van der Waals surface area contributed by atoms with Crippen molar-refractivity contribution >= 4 is 17.7 Å². The van der Waals surface area contributed by atoms with Crippen molar-refractivity contribution < 1.29 is 14.5 Å². The highest BCUT2D eigenvalue weighted by Crippen LogP contribution is 2.18. The Bertz CT molecular complexity index is 671. The number of hydrogen-bond donors (Lipinski definition) is 2. The van der Waals surface area contributed by atoms with Gasteiger partial charge < -0.3 is 20.3 Å². The molecule has 0 spiro atoms. The molecule has 1 aromatic carbocycles. The molecule has 0 saturated carbocycles. The molecule has 9 nitrogen and oxygen atoms in total. The van der Waals surface area contributed by atoms with Gasteiger partial charge in [0.1, 0.15) is 0 Å². The smallest absolute Gasteiger partial charge is 0.409 e. The Morgan fingerprint density at radius 1 is 1.33 bits per heavy atom. The molecule has 0 aromatic heterocycles. The fourth-order valence-corrected chi connectivity index (χ4v) is 2.92. The number of hydrogen-bond acceptors (Lipinski definition) is 5. The van der Waals surface area contributed by atoms with Gasteiger partial charge in [-0.05, 0) is 26.7 Å². The number of nitro benzene ring substituents is 1. The van der Waals surface area contributed by atoms with Crippen LogP contribution in [-0.4, -0.2) is 54.2 Å². The van der Waals surface area contributed by atoms with Crippen molar-refractivity contribution in [2.75, 3.05) is 26.2 Å². The van der Waals surface area contributed by atoms with E-state index in [1.165, 1.54) is 6.07 Å². The highest BCUT2D eigenvalue weighted by molar-refractivity contribution is 5.80. The van der Waals surface area contributed by atoms with E-state index in [1.54, 1.807) is 30.0 Å². The summed E-state index contributed by atoms with van der Waals surface area (Å²) in [5.74, 6) is 0.616. The van der Waals surface area contributed by atoms with E-state index in [0.29, 0.717) is 37.8 Å². The van der Waals surface area contributed by atoms with Gasteiger partial charge in [-0.15, -0.1) is 0 Å². The first-order valence-electron chi connectivity index (χ1n) is 9.24. The number of nitro groups is 1. The van der Waals surface area contributed by atoms with Crippen molar-refractivity contribution in [1.29, 1.82) is 0 Å². The number of rotatable bonds is 6. The van der Waals surface area contributed by atoms with Crippen LogP contribution in [0.1, 0.15) is 32.3 Å². The summed E-state index contributed by atoms with van der Waals surface area (Å²) in [6.45, 7) is 6.28. The first-order chi connectivity index (χ1) is 13.0. The third-order valence-electron chi connectivity index (χ3n) is 4.30. The summed E-state index contributed by atoms with van der Waals surface area (Å²) in [6.07, 6.45) is 1.30. The minimum absolute atomic E-state index is 0.0693. The van der Waals surface area contributed by atoms with E-state index in [4.69, 9.17) is 4.74 Å². The molecule has 1 heterocycles. The van der Waals surface area contributed by atoms with Crippen molar-refractivity contribution in [3.8, 4) is 0 Å². The van der Waals surface area contributed by atoms with Gasteiger partial charge in [0.05, 0.1) is 23.6 Å². The molecule has 0 atom stereocenters. The number of aliphatic imine (C=N–C) groups is 1. The number of benzene rings is 1. The molecule has 2 N–H and O–H groups in total. The Morgan fingerprint density at radius 2 is 2.04 bits per heavy atom. The number of carbonyl (C=O) groups excluding carboxylic acids is 1.